The molecule has 0 fully saturated rings. The highest BCUT2D eigenvalue weighted by atomic mass is 16.5. The zero-order valence-corrected chi connectivity index (χ0v) is 12.0. The number of carbonyl (C=O) groups is 2. The highest BCUT2D eigenvalue weighted by Crippen LogP contribution is 2.27. The van der Waals surface area contributed by atoms with E-state index in [0.29, 0.717) is 22.7 Å². The van der Waals surface area contributed by atoms with Crippen LogP contribution in [0.5, 0.6) is 5.75 Å². The fourth-order valence-electron chi connectivity index (χ4n) is 1.80. The average Bonchev–Trinajstić information content (AvgIpc) is 2.50. The average molecular weight is 297 g/mol. The summed E-state index contributed by atoms with van der Waals surface area (Å²) >= 11 is 0. The van der Waals surface area contributed by atoms with Crippen LogP contribution in [0.15, 0.2) is 66.7 Å². The third kappa shape index (κ3) is 3.52. The molecule has 1 amide bonds. The normalized spacial score (nSPS) is 9.86. The van der Waals surface area contributed by atoms with Gasteiger partial charge in [0, 0.05) is 5.57 Å². The fourth-order valence-corrected chi connectivity index (χ4v) is 1.80. The van der Waals surface area contributed by atoms with Gasteiger partial charge in [-0.2, -0.15) is 0 Å². The second-order valence-corrected chi connectivity index (χ2v) is 4.62. The predicted octanol–water partition coefficient (Wildman–Crippen LogP) is 3.98. The highest BCUT2D eigenvalue weighted by Gasteiger charge is 2.16. The third-order valence-corrected chi connectivity index (χ3v) is 2.86. The molecule has 0 saturated heterocycles. The maximum absolute atomic E-state index is 11.5. The first-order valence-electron chi connectivity index (χ1n) is 6.55. The van der Waals surface area contributed by atoms with Crippen LogP contribution in [0.25, 0.3) is 0 Å². The lowest BCUT2D eigenvalue weighted by atomic mass is 10.2. The van der Waals surface area contributed by atoms with Gasteiger partial charge in [0.15, 0.2) is 0 Å². The second kappa shape index (κ2) is 6.58. The lowest BCUT2D eigenvalue weighted by molar-refractivity contribution is -0.130. The number of rotatable bonds is 4. The van der Waals surface area contributed by atoms with E-state index in [2.05, 4.69) is 6.58 Å². The molecule has 0 heterocycles. The van der Waals surface area contributed by atoms with Gasteiger partial charge < -0.3 is 9.84 Å². The molecule has 0 atom stereocenters. The molecule has 0 unspecified atom stereocenters. The molecule has 0 aliphatic rings. The Morgan fingerprint density at radius 1 is 1.00 bits per heavy atom. The summed E-state index contributed by atoms with van der Waals surface area (Å²) in [6.07, 6.45) is -1.10. The van der Waals surface area contributed by atoms with E-state index in [1.165, 1.54) is 12.1 Å². The summed E-state index contributed by atoms with van der Waals surface area (Å²) in [5, 5.41) is 9.40. The number of nitrogens with zero attached hydrogens (tertiary/aromatic N) is 1. The van der Waals surface area contributed by atoms with Gasteiger partial charge in [-0.15, -0.1) is 0 Å². The van der Waals surface area contributed by atoms with Gasteiger partial charge in [-0.1, -0.05) is 24.8 Å². The first-order chi connectivity index (χ1) is 10.5. The SMILES string of the molecule is C=C(C)C(=O)Oc1ccc(N(C(=O)O)c2ccccc2)cc1. The zero-order chi connectivity index (χ0) is 16.1. The Kier molecular flexibility index (Phi) is 4.58. The van der Waals surface area contributed by atoms with Crippen molar-refractivity contribution in [3.05, 3.63) is 66.7 Å². The van der Waals surface area contributed by atoms with Crippen LogP contribution in [-0.2, 0) is 4.79 Å². The maximum Gasteiger partial charge on any atom is 0.416 e. The molecule has 112 valence electrons. The van der Waals surface area contributed by atoms with Crippen molar-refractivity contribution in [1.82, 2.24) is 0 Å². The summed E-state index contributed by atoms with van der Waals surface area (Å²) in [5.41, 5.74) is 1.27. The minimum Gasteiger partial charge on any atom is -0.464 e. The van der Waals surface area contributed by atoms with Gasteiger partial charge in [0.1, 0.15) is 5.75 Å². The van der Waals surface area contributed by atoms with Crippen molar-refractivity contribution in [1.29, 1.82) is 0 Å². The molecular formula is C17H15NO4. The van der Waals surface area contributed by atoms with Gasteiger partial charge in [-0.05, 0) is 43.3 Å². The number of amides is 1. The van der Waals surface area contributed by atoms with E-state index in [9.17, 15) is 14.7 Å². The lowest BCUT2D eigenvalue weighted by Gasteiger charge is -2.19. The Hall–Kier alpha value is -3.08. The minimum atomic E-state index is -1.10. The van der Waals surface area contributed by atoms with E-state index in [-0.39, 0.29) is 0 Å². The minimum absolute atomic E-state index is 0.292. The van der Waals surface area contributed by atoms with Crippen LogP contribution in [0.1, 0.15) is 6.92 Å². The Bertz CT molecular complexity index is 692. The van der Waals surface area contributed by atoms with E-state index in [1.807, 2.05) is 6.07 Å². The van der Waals surface area contributed by atoms with Gasteiger partial charge in [-0.25, -0.2) is 14.5 Å². The van der Waals surface area contributed by atoms with Crippen molar-refractivity contribution in [3.63, 3.8) is 0 Å². The number of benzene rings is 2. The van der Waals surface area contributed by atoms with Crippen LogP contribution in [0, 0.1) is 0 Å². The third-order valence-electron chi connectivity index (χ3n) is 2.86. The van der Waals surface area contributed by atoms with Crippen molar-refractivity contribution in [2.45, 2.75) is 6.92 Å². The van der Waals surface area contributed by atoms with Gasteiger partial charge >= 0.3 is 12.1 Å². The Labute approximate surface area is 128 Å². The lowest BCUT2D eigenvalue weighted by Crippen LogP contribution is -2.23. The molecule has 0 radical (unpaired) electrons. The van der Waals surface area contributed by atoms with Crippen molar-refractivity contribution in [3.8, 4) is 5.75 Å². The Balaban J connectivity index is 2.26. The van der Waals surface area contributed by atoms with Crippen LogP contribution in [0.2, 0.25) is 0 Å². The van der Waals surface area contributed by atoms with Crippen molar-refractivity contribution in [2.24, 2.45) is 0 Å². The molecule has 2 aromatic carbocycles. The summed E-state index contributed by atoms with van der Waals surface area (Å²) in [7, 11) is 0. The molecule has 22 heavy (non-hydrogen) atoms. The van der Waals surface area contributed by atoms with E-state index < -0.39 is 12.1 Å². The number of anilines is 2. The fraction of sp³-hybridized carbons (Fsp3) is 0.0588. The van der Waals surface area contributed by atoms with Crippen LogP contribution in [0.3, 0.4) is 0 Å². The monoisotopic (exact) mass is 297 g/mol. The van der Waals surface area contributed by atoms with E-state index in [1.54, 1.807) is 43.3 Å². The molecular weight excluding hydrogens is 282 g/mol. The molecule has 1 N–H and O–H groups in total. The van der Waals surface area contributed by atoms with Gasteiger partial charge in [-0.3, -0.25) is 0 Å². The standard InChI is InChI=1S/C17H15NO4/c1-12(2)16(19)22-15-10-8-14(9-11-15)18(17(20)21)13-6-4-3-5-7-13/h3-11H,1H2,2H3,(H,20,21). The van der Waals surface area contributed by atoms with Gasteiger partial charge in [0.25, 0.3) is 0 Å². The van der Waals surface area contributed by atoms with Gasteiger partial charge in [0.05, 0.1) is 11.4 Å². The molecule has 0 aliphatic carbocycles. The molecule has 0 aliphatic heterocycles. The number of ether oxygens (including phenoxy) is 1. The summed E-state index contributed by atoms with van der Waals surface area (Å²) in [5.74, 6) is -0.193. The molecule has 2 aromatic rings. The van der Waals surface area contributed by atoms with Crippen LogP contribution < -0.4 is 9.64 Å². The summed E-state index contributed by atoms with van der Waals surface area (Å²) in [4.78, 5) is 24.1. The molecule has 0 spiro atoms. The number of hydrogen-bond acceptors (Lipinski definition) is 3. The van der Waals surface area contributed by atoms with Crippen molar-refractivity contribution < 1.29 is 19.4 Å². The summed E-state index contributed by atoms with van der Waals surface area (Å²) in [6.45, 7) is 5.05. The molecule has 0 aromatic heterocycles. The van der Waals surface area contributed by atoms with Crippen molar-refractivity contribution in [2.75, 3.05) is 4.90 Å². The van der Waals surface area contributed by atoms with E-state index in [0.717, 1.165) is 4.90 Å². The van der Waals surface area contributed by atoms with Crippen LogP contribution >= 0.6 is 0 Å². The van der Waals surface area contributed by atoms with E-state index >= 15 is 0 Å². The predicted molar refractivity (Wildman–Crippen MR) is 83.5 cm³/mol. The smallest absolute Gasteiger partial charge is 0.416 e. The number of para-hydroxylation sites is 1. The second-order valence-electron chi connectivity index (χ2n) is 4.62. The highest BCUT2D eigenvalue weighted by molar-refractivity contribution is 5.95. The number of esters is 1. The molecule has 5 heteroatoms. The Morgan fingerprint density at radius 2 is 1.55 bits per heavy atom. The summed E-state index contributed by atoms with van der Waals surface area (Å²) in [6, 6.07) is 14.9. The molecule has 0 bridgehead atoms. The first kappa shape index (κ1) is 15.3. The quantitative estimate of drug-likeness (QED) is 0.526. The maximum atomic E-state index is 11.5. The van der Waals surface area contributed by atoms with Gasteiger partial charge in [0.2, 0.25) is 0 Å². The number of hydrogen-bond donors (Lipinski definition) is 1. The van der Waals surface area contributed by atoms with Crippen LogP contribution in [-0.4, -0.2) is 17.2 Å². The number of carboxylic acid groups (broad SMARTS) is 1. The largest absolute Gasteiger partial charge is 0.464 e. The number of carbonyl (C=O) groups excluding carboxylic acids is 1. The molecule has 2 rings (SSSR count). The topological polar surface area (TPSA) is 66.8 Å². The zero-order valence-electron chi connectivity index (χ0n) is 12.0. The van der Waals surface area contributed by atoms with Crippen molar-refractivity contribution >= 4 is 23.4 Å². The molecule has 5 nitrogen and oxygen atoms in total. The summed E-state index contributed by atoms with van der Waals surface area (Å²) < 4.78 is 5.07. The molecule has 0 saturated carbocycles. The first-order valence-corrected chi connectivity index (χ1v) is 6.55. The van der Waals surface area contributed by atoms with E-state index in [4.69, 9.17) is 4.74 Å². The van der Waals surface area contributed by atoms with Crippen LogP contribution in [0.4, 0.5) is 16.2 Å². The Morgan fingerprint density at radius 3 is 2.05 bits per heavy atom.